The van der Waals surface area contributed by atoms with Gasteiger partial charge in [-0.1, -0.05) is 0 Å². The van der Waals surface area contributed by atoms with E-state index in [1.807, 2.05) is 0 Å². The van der Waals surface area contributed by atoms with Gasteiger partial charge >= 0.3 is 18.0 Å². The van der Waals surface area contributed by atoms with Crippen LogP contribution < -0.4 is 0 Å². The molecule has 1 amide bonds. The summed E-state index contributed by atoms with van der Waals surface area (Å²) in [5, 5.41) is 8.84. The number of carbonyl (C=O) groups is 2. The van der Waals surface area contributed by atoms with Gasteiger partial charge in [-0.05, 0) is 6.92 Å². The summed E-state index contributed by atoms with van der Waals surface area (Å²) in [6, 6.07) is 0. The molecule has 1 aliphatic rings. The topological polar surface area (TPSA) is 92.9 Å². The van der Waals surface area contributed by atoms with Gasteiger partial charge in [0.25, 0.3) is 0 Å². The van der Waals surface area contributed by atoms with Crippen molar-refractivity contribution in [3.05, 3.63) is 17.3 Å². The SMILES string of the molecule is CCOC(=O)c1nc2c(o1)CCN(C(=O)O)C2. The predicted molar refractivity (Wildman–Crippen MR) is 54.6 cm³/mol. The molecule has 0 fully saturated rings. The first kappa shape index (κ1) is 11.4. The minimum Gasteiger partial charge on any atom is -0.465 e. The Kier molecular flexibility index (Phi) is 2.99. The van der Waals surface area contributed by atoms with Crippen LogP contribution in [0, 0.1) is 0 Å². The first-order valence-corrected chi connectivity index (χ1v) is 5.25. The molecular formula is C10H12N2O5. The second-order valence-corrected chi connectivity index (χ2v) is 3.56. The van der Waals surface area contributed by atoms with E-state index in [2.05, 4.69) is 4.98 Å². The van der Waals surface area contributed by atoms with Crippen LogP contribution in [-0.4, -0.2) is 40.2 Å². The summed E-state index contributed by atoms with van der Waals surface area (Å²) in [6.45, 7) is 2.42. The summed E-state index contributed by atoms with van der Waals surface area (Å²) < 4.78 is 10.00. The molecule has 0 atom stereocenters. The highest BCUT2D eigenvalue weighted by molar-refractivity contribution is 5.84. The molecule has 0 bridgehead atoms. The van der Waals surface area contributed by atoms with Gasteiger partial charge in [0.05, 0.1) is 13.2 Å². The number of carboxylic acid groups (broad SMARTS) is 1. The number of amides is 1. The molecule has 0 aliphatic carbocycles. The van der Waals surface area contributed by atoms with Crippen molar-refractivity contribution in [2.24, 2.45) is 0 Å². The van der Waals surface area contributed by atoms with E-state index in [0.29, 0.717) is 24.4 Å². The lowest BCUT2D eigenvalue weighted by Gasteiger charge is -2.21. The predicted octanol–water partition coefficient (Wildman–Crippen LogP) is 0.887. The second kappa shape index (κ2) is 4.44. The third kappa shape index (κ3) is 2.22. The van der Waals surface area contributed by atoms with Crippen molar-refractivity contribution >= 4 is 12.1 Å². The lowest BCUT2D eigenvalue weighted by molar-refractivity contribution is 0.0478. The molecule has 7 nitrogen and oxygen atoms in total. The van der Waals surface area contributed by atoms with Crippen LogP contribution in [-0.2, 0) is 17.7 Å². The maximum Gasteiger partial charge on any atom is 0.407 e. The Morgan fingerprint density at radius 2 is 2.35 bits per heavy atom. The van der Waals surface area contributed by atoms with Crippen molar-refractivity contribution in [2.45, 2.75) is 19.9 Å². The van der Waals surface area contributed by atoms with Crippen LogP contribution in [0.15, 0.2) is 4.42 Å². The fraction of sp³-hybridized carbons (Fsp3) is 0.500. The van der Waals surface area contributed by atoms with Crippen molar-refractivity contribution in [3.63, 3.8) is 0 Å². The van der Waals surface area contributed by atoms with E-state index in [1.54, 1.807) is 6.92 Å². The molecule has 7 heteroatoms. The molecule has 0 saturated heterocycles. The van der Waals surface area contributed by atoms with Crippen molar-refractivity contribution in [2.75, 3.05) is 13.2 Å². The van der Waals surface area contributed by atoms with Crippen molar-refractivity contribution in [3.8, 4) is 0 Å². The smallest absolute Gasteiger partial charge is 0.407 e. The molecule has 0 spiro atoms. The maximum absolute atomic E-state index is 11.4. The fourth-order valence-electron chi connectivity index (χ4n) is 1.64. The number of hydrogen-bond acceptors (Lipinski definition) is 5. The van der Waals surface area contributed by atoms with Gasteiger partial charge in [0, 0.05) is 13.0 Å². The van der Waals surface area contributed by atoms with Crippen LogP contribution >= 0.6 is 0 Å². The number of nitrogens with zero attached hydrogens (tertiary/aromatic N) is 2. The lowest BCUT2D eigenvalue weighted by Crippen LogP contribution is -2.34. The van der Waals surface area contributed by atoms with E-state index < -0.39 is 12.1 Å². The molecule has 0 aromatic carbocycles. The molecule has 1 aliphatic heterocycles. The zero-order chi connectivity index (χ0) is 12.4. The van der Waals surface area contributed by atoms with E-state index in [1.165, 1.54) is 4.90 Å². The van der Waals surface area contributed by atoms with Gasteiger partial charge in [-0.3, -0.25) is 0 Å². The molecule has 1 aromatic heterocycles. The average Bonchev–Trinajstić information content (AvgIpc) is 2.71. The first-order valence-electron chi connectivity index (χ1n) is 5.25. The van der Waals surface area contributed by atoms with E-state index in [-0.39, 0.29) is 19.0 Å². The average molecular weight is 240 g/mol. The number of fused-ring (bicyclic) bond motifs is 1. The van der Waals surface area contributed by atoms with Crippen LogP contribution in [0.4, 0.5) is 4.79 Å². The molecule has 0 radical (unpaired) electrons. The summed E-state index contributed by atoms with van der Waals surface area (Å²) in [4.78, 5) is 27.3. The van der Waals surface area contributed by atoms with E-state index in [0.717, 1.165) is 0 Å². The Hall–Kier alpha value is -2.05. The van der Waals surface area contributed by atoms with Crippen molar-refractivity contribution in [1.82, 2.24) is 9.88 Å². The molecule has 1 N–H and O–H groups in total. The lowest BCUT2D eigenvalue weighted by atomic mass is 10.2. The highest BCUT2D eigenvalue weighted by atomic mass is 16.5. The van der Waals surface area contributed by atoms with Gasteiger partial charge in [0.15, 0.2) is 0 Å². The Labute approximate surface area is 97.0 Å². The van der Waals surface area contributed by atoms with Gasteiger partial charge < -0.3 is 19.2 Å². The number of rotatable bonds is 2. The van der Waals surface area contributed by atoms with E-state index in [4.69, 9.17) is 14.3 Å². The Morgan fingerprint density at radius 3 is 3.00 bits per heavy atom. The van der Waals surface area contributed by atoms with Crippen LogP contribution in [0.25, 0.3) is 0 Å². The van der Waals surface area contributed by atoms with Gasteiger partial charge in [0.1, 0.15) is 11.5 Å². The molecule has 17 heavy (non-hydrogen) atoms. The van der Waals surface area contributed by atoms with E-state index >= 15 is 0 Å². The number of carbonyl (C=O) groups excluding carboxylic acids is 1. The van der Waals surface area contributed by atoms with Crippen molar-refractivity contribution in [1.29, 1.82) is 0 Å². The standard InChI is InChI=1S/C10H12N2O5/c1-2-16-9(13)8-11-6-5-12(10(14)15)4-3-7(6)17-8/h2-5H2,1H3,(H,14,15). The van der Waals surface area contributed by atoms with Gasteiger partial charge in [-0.15, -0.1) is 0 Å². The molecule has 2 rings (SSSR count). The van der Waals surface area contributed by atoms with Crippen LogP contribution in [0.5, 0.6) is 0 Å². The minimum atomic E-state index is -1.00. The van der Waals surface area contributed by atoms with Crippen LogP contribution in [0.3, 0.4) is 0 Å². The number of aromatic nitrogens is 1. The largest absolute Gasteiger partial charge is 0.465 e. The summed E-state index contributed by atoms with van der Waals surface area (Å²) in [5.41, 5.74) is 0.488. The third-order valence-corrected chi connectivity index (χ3v) is 2.45. The highest BCUT2D eigenvalue weighted by Crippen LogP contribution is 2.20. The van der Waals surface area contributed by atoms with Gasteiger partial charge in [0.2, 0.25) is 0 Å². The molecular weight excluding hydrogens is 228 g/mol. The highest BCUT2D eigenvalue weighted by Gasteiger charge is 2.27. The Bertz CT molecular complexity index is 454. The molecule has 92 valence electrons. The van der Waals surface area contributed by atoms with Crippen LogP contribution in [0.1, 0.15) is 29.1 Å². The summed E-state index contributed by atoms with van der Waals surface area (Å²) >= 11 is 0. The number of oxazole rings is 1. The molecule has 1 aromatic rings. The first-order chi connectivity index (χ1) is 8.11. The molecule has 0 saturated carbocycles. The third-order valence-electron chi connectivity index (χ3n) is 2.45. The minimum absolute atomic E-state index is 0.107. The summed E-state index contributed by atoms with van der Waals surface area (Å²) in [7, 11) is 0. The zero-order valence-corrected chi connectivity index (χ0v) is 9.30. The normalized spacial score (nSPS) is 14.3. The Balaban J connectivity index is 2.17. The monoisotopic (exact) mass is 240 g/mol. The number of hydrogen-bond donors (Lipinski definition) is 1. The number of esters is 1. The zero-order valence-electron chi connectivity index (χ0n) is 9.30. The van der Waals surface area contributed by atoms with Crippen LogP contribution in [0.2, 0.25) is 0 Å². The number of ether oxygens (including phenoxy) is 1. The van der Waals surface area contributed by atoms with Crippen molar-refractivity contribution < 1.29 is 23.8 Å². The molecule has 2 heterocycles. The van der Waals surface area contributed by atoms with Gasteiger partial charge in [-0.2, -0.15) is 0 Å². The van der Waals surface area contributed by atoms with Gasteiger partial charge in [-0.25, -0.2) is 14.6 Å². The second-order valence-electron chi connectivity index (χ2n) is 3.56. The molecule has 0 unspecified atom stereocenters. The summed E-state index contributed by atoms with van der Waals surface area (Å²) in [5.74, 6) is -0.168. The quantitative estimate of drug-likeness (QED) is 0.771. The summed E-state index contributed by atoms with van der Waals surface area (Å²) in [6.07, 6.45) is -0.579. The van der Waals surface area contributed by atoms with E-state index in [9.17, 15) is 9.59 Å². The fourth-order valence-corrected chi connectivity index (χ4v) is 1.64. The Morgan fingerprint density at radius 1 is 1.59 bits per heavy atom. The maximum atomic E-state index is 11.4.